The van der Waals surface area contributed by atoms with Crippen LogP contribution >= 0.6 is 11.3 Å². The summed E-state index contributed by atoms with van der Waals surface area (Å²) in [7, 11) is -3.28. The van der Waals surface area contributed by atoms with E-state index >= 15 is 0 Å². The van der Waals surface area contributed by atoms with E-state index in [4.69, 9.17) is 0 Å². The van der Waals surface area contributed by atoms with E-state index in [2.05, 4.69) is 12.2 Å². The molecule has 2 rings (SSSR count). The lowest BCUT2D eigenvalue weighted by Gasteiger charge is -2.21. The lowest BCUT2D eigenvalue weighted by Crippen LogP contribution is -2.34. The zero-order chi connectivity index (χ0) is 13.9. The van der Waals surface area contributed by atoms with Crippen molar-refractivity contribution in [2.75, 3.05) is 13.1 Å². The molecule has 0 aromatic carbocycles. The Kier molecular flexibility index (Phi) is 5.00. The summed E-state index contributed by atoms with van der Waals surface area (Å²) < 4.78 is 27.4. The fourth-order valence-corrected chi connectivity index (χ4v) is 5.71. The van der Waals surface area contributed by atoms with Crippen molar-refractivity contribution in [3.8, 4) is 0 Å². The van der Waals surface area contributed by atoms with Crippen LogP contribution in [0.15, 0.2) is 16.3 Å². The third kappa shape index (κ3) is 3.18. The van der Waals surface area contributed by atoms with Crippen molar-refractivity contribution in [2.45, 2.75) is 49.9 Å². The van der Waals surface area contributed by atoms with Crippen LogP contribution in [0.3, 0.4) is 0 Å². The molecule has 1 N–H and O–H groups in total. The highest BCUT2D eigenvalue weighted by Gasteiger charge is 2.34. The van der Waals surface area contributed by atoms with Crippen molar-refractivity contribution in [1.29, 1.82) is 0 Å². The molecule has 0 radical (unpaired) electrons. The third-order valence-electron chi connectivity index (χ3n) is 3.54. The summed E-state index contributed by atoms with van der Waals surface area (Å²) in [5, 5.41) is 3.22. The van der Waals surface area contributed by atoms with E-state index in [9.17, 15) is 8.42 Å². The Morgan fingerprint density at radius 2 is 2.21 bits per heavy atom. The molecule has 2 heterocycles. The van der Waals surface area contributed by atoms with E-state index < -0.39 is 10.0 Å². The Morgan fingerprint density at radius 1 is 1.42 bits per heavy atom. The first-order valence-corrected chi connectivity index (χ1v) is 9.16. The van der Waals surface area contributed by atoms with Gasteiger partial charge in [-0.3, -0.25) is 0 Å². The number of hydrogen-bond donors (Lipinski definition) is 1. The molecule has 1 aliphatic heterocycles. The van der Waals surface area contributed by atoms with Crippen LogP contribution in [0.25, 0.3) is 0 Å². The predicted octanol–water partition coefficient (Wildman–Crippen LogP) is 2.42. The minimum Gasteiger partial charge on any atom is -0.312 e. The normalized spacial score (nSPS) is 21.1. The van der Waals surface area contributed by atoms with E-state index in [1.54, 1.807) is 10.4 Å². The molecule has 1 aliphatic rings. The second-order valence-corrected chi connectivity index (χ2v) is 8.11. The number of nitrogens with one attached hydrogen (secondary N) is 1. The molecule has 0 bridgehead atoms. The summed E-state index contributed by atoms with van der Waals surface area (Å²) in [4.78, 5) is 1.08. The highest BCUT2D eigenvalue weighted by molar-refractivity contribution is 7.91. The Bertz CT molecular complexity index is 510. The Morgan fingerprint density at radius 3 is 2.89 bits per heavy atom. The number of sulfonamides is 1. The van der Waals surface area contributed by atoms with Gasteiger partial charge >= 0.3 is 0 Å². The molecular formula is C13H22N2O2S2. The summed E-state index contributed by atoms with van der Waals surface area (Å²) >= 11 is 1.39. The monoisotopic (exact) mass is 302 g/mol. The van der Waals surface area contributed by atoms with Crippen LogP contribution in [0.1, 0.15) is 38.0 Å². The maximum atomic E-state index is 12.6. The Balaban J connectivity index is 2.17. The zero-order valence-corrected chi connectivity index (χ0v) is 13.2. The van der Waals surface area contributed by atoms with Gasteiger partial charge in [0.1, 0.15) is 4.21 Å². The minimum atomic E-state index is -3.28. The van der Waals surface area contributed by atoms with Gasteiger partial charge in [-0.15, -0.1) is 11.3 Å². The molecular weight excluding hydrogens is 280 g/mol. The number of thiophene rings is 1. The van der Waals surface area contributed by atoms with Gasteiger partial charge in [0, 0.05) is 24.0 Å². The van der Waals surface area contributed by atoms with Crippen LogP contribution in [0, 0.1) is 0 Å². The molecule has 6 heteroatoms. The molecule has 108 valence electrons. The molecule has 1 atom stereocenters. The molecule has 0 spiro atoms. The van der Waals surface area contributed by atoms with E-state index in [0.29, 0.717) is 10.8 Å². The highest BCUT2D eigenvalue weighted by Crippen LogP contribution is 2.31. The van der Waals surface area contributed by atoms with Crippen molar-refractivity contribution in [3.05, 3.63) is 17.0 Å². The van der Waals surface area contributed by atoms with E-state index in [1.807, 2.05) is 13.0 Å². The average molecular weight is 302 g/mol. The van der Waals surface area contributed by atoms with Crippen LogP contribution < -0.4 is 5.32 Å². The quantitative estimate of drug-likeness (QED) is 0.878. The number of rotatable bonds is 6. The smallest absolute Gasteiger partial charge is 0.252 e. The van der Waals surface area contributed by atoms with E-state index in [-0.39, 0.29) is 6.04 Å². The summed E-state index contributed by atoms with van der Waals surface area (Å²) in [6.45, 7) is 6.41. The minimum absolute atomic E-state index is 0.185. The summed E-state index contributed by atoms with van der Waals surface area (Å²) in [5.74, 6) is 0. The van der Waals surface area contributed by atoms with Gasteiger partial charge in [-0.1, -0.05) is 13.8 Å². The molecule has 0 aliphatic carbocycles. The van der Waals surface area contributed by atoms with Crippen LogP contribution in [0.5, 0.6) is 0 Å². The van der Waals surface area contributed by atoms with Gasteiger partial charge in [0.15, 0.2) is 0 Å². The fourth-order valence-electron chi connectivity index (χ4n) is 2.49. The molecule has 1 aromatic rings. The van der Waals surface area contributed by atoms with Gasteiger partial charge in [-0.25, -0.2) is 8.42 Å². The molecule has 1 saturated heterocycles. The first-order chi connectivity index (χ1) is 9.09. The second-order valence-electron chi connectivity index (χ2n) is 4.82. The molecule has 1 aromatic heterocycles. The fraction of sp³-hybridized carbons (Fsp3) is 0.692. The molecule has 0 saturated carbocycles. The van der Waals surface area contributed by atoms with Crippen LogP contribution in [0.2, 0.25) is 0 Å². The van der Waals surface area contributed by atoms with Crippen molar-refractivity contribution in [1.82, 2.24) is 9.62 Å². The van der Waals surface area contributed by atoms with Gasteiger partial charge in [-0.05, 0) is 37.9 Å². The molecule has 19 heavy (non-hydrogen) atoms. The van der Waals surface area contributed by atoms with Crippen molar-refractivity contribution >= 4 is 21.4 Å². The molecule has 1 unspecified atom stereocenters. The first-order valence-electron chi connectivity index (χ1n) is 6.90. The van der Waals surface area contributed by atoms with Gasteiger partial charge < -0.3 is 5.32 Å². The molecule has 4 nitrogen and oxygen atoms in total. The average Bonchev–Trinajstić information content (AvgIpc) is 3.05. The maximum absolute atomic E-state index is 12.6. The van der Waals surface area contributed by atoms with Gasteiger partial charge in [0.2, 0.25) is 0 Å². The van der Waals surface area contributed by atoms with Gasteiger partial charge in [0.05, 0.1) is 0 Å². The topological polar surface area (TPSA) is 49.4 Å². The lowest BCUT2D eigenvalue weighted by molar-refractivity contribution is 0.380. The van der Waals surface area contributed by atoms with Gasteiger partial charge in [-0.2, -0.15) is 4.31 Å². The summed E-state index contributed by atoms with van der Waals surface area (Å²) in [5.41, 5.74) is 0. The Labute approximate surface area is 119 Å². The zero-order valence-electron chi connectivity index (χ0n) is 11.6. The molecule has 1 fully saturated rings. The largest absolute Gasteiger partial charge is 0.312 e. The standard InChI is InChI=1S/C13H22N2O2S2/c1-3-11-6-5-9-15(11)19(16,17)13-8-7-12(18-13)10-14-4-2/h7-8,11,14H,3-6,9-10H2,1-2H3. The van der Waals surface area contributed by atoms with Gasteiger partial charge in [0.25, 0.3) is 10.0 Å². The van der Waals surface area contributed by atoms with Crippen LogP contribution in [-0.4, -0.2) is 31.9 Å². The highest BCUT2D eigenvalue weighted by atomic mass is 32.2. The maximum Gasteiger partial charge on any atom is 0.252 e. The summed E-state index contributed by atoms with van der Waals surface area (Å²) in [6.07, 6.45) is 2.87. The number of hydrogen-bond acceptors (Lipinski definition) is 4. The van der Waals surface area contributed by atoms with E-state index in [0.717, 1.165) is 37.2 Å². The number of nitrogens with zero attached hydrogens (tertiary/aromatic N) is 1. The molecule has 0 amide bonds. The van der Waals surface area contributed by atoms with Crippen LogP contribution in [0.4, 0.5) is 0 Å². The SMILES string of the molecule is CCNCc1ccc(S(=O)(=O)N2CCCC2CC)s1. The Hall–Kier alpha value is -0.430. The van der Waals surface area contributed by atoms with Crippen molar-refractivity contribution in [3.63, 3.8) is 0 Å². The predicted molar refractivity (Wildman–Crippen MR) is 78.9 cm³/mol. The van der Waals surface area contributed by atoms with Crippen LogP contribution in [-0.2, 0) is 16.6 Å². The van der Waals surface area contributed by atoms with E-state index in [1.165, 1.54) is 11.3 Å². The lowest BCUT2D eigenvalue weighted by atomic mass is 10.2. The third-order valence-corrected chi connectivity index (χ3v) is 7.05. The van der Waals surface area contributed by atoms with Crippen molar-refractivity contribution in [2.24, 2.45) is 0 Å². The first kappa shape index (κ1) is 15.0. The second kappa shape index (κ2) is 6.35. The van der Waals surface area contributed by atoms with Crippen molar-refractivity contribution < 1.29 is 8.42 Å². The summed E-state index contributed by atoms with van der Waals surface area (Å²) in [6, 6.07) is 3.85.